The summed E-state index contributed by atoms with van der Waals surface area (Å²) < 4.78 is 0. The van der Waals surface area contributed by atoms with Crippen molar-refractivity contribution >= 4 is 29.2 Å². The minimum atomic E-state index is -0.0545. The normalized spacial score (nSPS) is 11.0. The molecule has 1 aromatic carbocycles. The van der Waals surface area contributed by atoms with Gasteiger partial charge in [0.2, 0.25) is 5.91 Å². The number of nitrogens with one attached hydrogen (secondary N) is 2. The van der Waals surface area contributed by atoms with Crippen molar-refractivity contribution in [3.8, 4) is 0 Å². The molecule has 126 valence electrons. The highest BCUT2D eigenvalue weighted by atomic mass is 16.1. The van der Waals surface area contributed by atoms with Gasteiger partial charge in [0.05, 0.1) is 5.69 Å². The van der Waals surface area contributed by atoms with E-state index in [0.717, 1.165) is 5.69 Å². The lowest BCUT2D eigenvalue weighted by Gasteiger charge is -2.17. The van der Waals surface area contributed by atoms with Crippen molar-refractivity contribution in [1.29, 1.82) is 0 Å². The summed E-state index contributed by atoms with van der Waals surface area (Å²) in [5.41, 5.74) is 3.48. The Balaban J connectivity index is 2.21. The number of carbonyl (C=O) groups is 1. The topological polar surface area (TPSA) is 54.0 Å². The number of carbonyl (C=O) groups excluding carboxylic acids is 1. The minimum Gasteiger partial charge on any atom is -0.340 e. The Morgan fingerprint density at radius 2 is 1.96 bits per heavy atom. The van der Waals surface area contributed by atoms with Gasteiger partial charge in [-0.15, -0.1) is 0 Å². The van der Waals surface area contributed by atoms with Crippen LogP contribution in [0.25, 0.3) is 6.08 Å². The molecule has 0 spiro atoms. The van der Waals surface area contributed by atoms with Gasteiger partial charge in [-0.3, -0.25) is 4.79 Å². The van der Waals surface area contributed by atoms with Crippen LogP contribution in [0.15, 0.2) is 43.0 Å². The van der Waals surface area contributed by atoms with Crippen molar-refractivity contribution in [1.82, 2.24) is 4.98 Å². The molecule has 0 bridgehead atoms. The van der Waals surface area contributed by atoms with Crippen molar-refractivity contribution in [3.63, 3.8) is 0 Å². The van der Waals surface area contributed by atoms with E-state index in [1.165, 1.54) is 5.56 Å². The van der Waals surface area contributed by atoms with Gasteiger partial charge in [0.1, 0.15) is 5.82 Å². The SMILES string of the molecule is C=Cc1cc(NC(=O)CC(C)(C)C)cc(Nc2cccc(C)c2)n1. The number of aryl methyl sites for hydroxylation is 1. The van der Waals surface area contributed by atoms with Gasteiger partial charge in [-0.05, 0) is 42.2 Å². The fourth-order valence-corrected chi connectivity index (χ4v) is 2.35. The first-order valence-electron chi connectivity index (χ1n) is 8.03. The van der Waals surface area contributed by atoms with Gasteiger partial charge in [0.25, 0.3) is 0 Å². The van der Waals surface area contributed by atoms with Crippen LogP contribution in [0.5, 0.6) is 0 Å². The largest absolute Gasteiger partial charge is 0.340 e. The number of pyridine rings is 1. The highest BCUT2D eigenvalue weighted by Gasteiger charge is 2.16. The lowest BCUT2D eigenvalue weighted by atomic mass is 9.92. The highest BCUT2D eigenvalue weighted by Crippen LogP contribution is 2.23. The van der Waals surface area contributed by atoms with Crippen LogP contribution in [0, 0.1) is 12.3 Å². The van der Waals surface area contributed by atoms with Crippen LogP contribution in [-0.4, -0.2) is 10.9 Å². The van der Waals surface area contributed by atoms with Crippen LogP contribution in [0.1, 0.15) is 38.4 Å². The summed E-state index contributed by atoms with van der Waals surface area (Å²) in [4.78, 5) is 16.6. The third-order valence-electron chi connectivity index (χ3n) is 3.32. The second kappa shape index (κ2) is 7.30. The average Bonchev–Trinajstić information content (AvgIpc) is 2.44. The molecule has 1 heterocycles. The van der Waals surface area contributed by atoms with Crippen molar-refractivity contribution in [3.05, 3.63) is 54.2 Å². The van der Waals surface area contributed by atoms with E-state index in [2.05, 4.69) is 22.2 Å². The molecule has 1 aromatic heterocycles. The molecule has 24 heavy (non-hydrogen) atoms. The molecule has 4 heteroatoms. The Kier molecular flexibility index (Phi) is 5.39. The number of hydrogen-bond acceptors (Lipinski definition) is 3. The molecule has 0 radical (unpaired) electrons. The fraction of sp³-hybridized carbons (Fsp3) is 0.300. The van der Waals surface area contributed by atoms with Gasteiger partial charge >= 0.3 is 0 Å². The zero-order chi connectivity index (χ0) is 17.7. The van der Waals surface area contributed by atoms with E-state index in [9.17, 15) is 4.79 Å². The first-order chi connectivity index (χ1) is 11.2. The number of rotatable bonds is 5. The summed E-state index contributed by atoms with van der Waals surface area (Å²) in [6, 6.07) is 11.7. The maximum Gasteiger partial charge on any atom is 0.224 e. The van der Waals surface area contributed by atoms with Crippen molar-refractivity contribution in [2.45, 2.75) is 34.1 Å². The molecule has 2 rings (SSSR count). The van der Waals surface area contributed by atoms with Gasteiger partial charge in [0.15, 0.2) is 0 Å². The first kappa shape index (κ1) is 17.7. The summed E-state index contributed by atoms with van der Waals surface area (Å²) >= 11 is 0. The highest BCUT2D eigenvalue weighted by molar-refractivity contribution is 5.91. The summed E-state index contributed by atoms with van der Waals surface area (Å²) in [6.45, 7) is 11.9. The summed E-state index contributed by atoms with van der Waals surface area (Å²) in [5.74, 6) is 0.661. The van der Waals surface area contributed by atoms with E-state index < -0.39 is 0 Å². The average molecular weight is 323 g/mol. The quantitative estimate of drug-likeness (QED) is 0.800. The van der Waals surface area contributed by atoms with Crippen LogP contribution >= 0.6 is 0 Å². The van der Waals surface area contributed by atoms with Crippen LogP contribution in [0.4, 0.5) is 17.2 Å². The monoisotopic (exact) mass is 323 g/mol. The second-order valence-corrected chi connectivity index (χ2v) is 7.15. The summed E-state index contributed by atoms with van der Waals surface area (Å²) in [5, 5.41) is 6.22. The summed E-state index contributed by atoms with van der Waals surface area (Å²) in [7, 11) is 0. The second-order valence-electron chi connectivity index (χ2n) is 7.15. The lowest BCUT2D eigenvalue weighted by Crippen LogP contribution is -2.19. The van der Waals surface area contributed by atoms with Crippen molar-refractivity contribution in [2.75, 3.05) is 10.6 Å². The Hall–Kier alpha value is -2.62. The number of aromatic nitrogens is 1. The van der Waals surface area contributed by atoms with Crippen LogP contribution in [-0.2, 0) is 4.79 Å². The van der Waals surface area contributed by atoms with Gasteiger partial charge in [-0.1, -0.05) is 39.5 Å². The Labute approximate surface area is 144 Å². The van der Waals surface area contributed by atoms with Gasteiger partial charge in [-0.25, -0.2) is 4.98 Å². The van der Waals surface area contributed by atoms with E-state index in [-0.39, 0.29) is 11.3 Å². The Morgan fingerprint density at radius 1 is 1.21 bits per heavy atom. The maximum atomic E-state index is 12.2. The first-order valence-corrected chi connectivity index (χ1v) is 8.03. The van der Waals surface area contributed by atoms with Crippen LogP contribution in [0.2, 0.25) is 0 Å². The van der Waals surface area contributed by atoms with Crippen LogP contribution < -0.4 is 10.6 Å². The molecule has 0 aliphatic heterocycles. The molecule has 0 saturated carbocycles. The molecule has 0 aliphatic carbocycles. The minimum absolute atomic E-state index is 0.00906. The van der Waals surface area contributed by atoms with Crippen molar-refractivity contribution < 1.29 is 4.79 Å². The molecule has 0 atom stereocenters. The van der Waals surface area contributed by atoms with E-state index in [4.69, 9.17) is 0 Å². The van der Waals surface area contributed by atoms with E-state index in [1.807, 2.05) is 64.1 Å². The zero-order valence-corrected chi connectivity index (χ0v) is 14.8. The van der Waals surface area contributed by atoms with Crippen molar-refractivity contribution in [2.24, 2.45) is 5.41 Å². The Bertz CT molecular complexity index is 745. The fourth-order valence-electron chi connectivity index (χ4n) is 2.35. The molecular formula is C20H25N3O. The molecular weight excluding hydrogens is 298 g/mol. The van der Waals surface area contributed by atoms with E-state index in [1.54, 1.807) is 6.08 Å². The third kappa shape index (κ3) is 5.54. The molecule has 2 aromatic rings. The number of benzene rings is 1. The third-order valence-corrected chi connectivity index (χ3v) is 3.32. The zero-order valence-electron chi connectivity index (χ0n) is 14.8. The molecule has 0 fully saturated rings. The standard InChI is InChI=1S/C20H25N3O/c1-6-15-11-17(23-19(24)13-20(3,4)5)12-18(21-15)22-16-9-7-8-14(2)10-16/h6-12H,1,13H2,2-5H3,(H2,21,22,23,24). The predicted molar refractivity (Wildman–Crippen MR) is 101 cm³/mol. The number of nitrogens with zero attached hydrogens (tertiary/aromatic N) is 1. The van der Waals surface area contributed by atoms with E-state index >= 15 is 0 Å². The Morgan fingerprint density at radius 3 is 2.58 bits per heavy atom. The van der Waals surface area contributed by atoms with Crippen LogP contribution in [0.3, 0.4) is 0 Å². The van der Waals surface area contributed by atoms with E-state index in [0.29, 0.717) is 23.6 Å². The molecule has 0 saturated heterocycles. The molecule has 2 N–H and O–H groups in total. The van der Waals surface area contributed by atoms with Gasteiger partial charge in [-0.2, -0.15) is 0 Å². The molecule has 4 nitrogen and oxygen atoms in total. The molecule has 1 amide bonds. The smallest absolute Gasteiger partial charge is 0.224 e. The maximum absolute atomic E-state index is 12.2. The predicted octanol–water partition coefficient (Wildman–Crippen LogP) is 5.15. The number of amides is 1. The molecule has 0 aliphatic rings. The number of hydrogen-bond donors (Lipinski definition) is 2. The molecule has 0 unspecified atom stereocenters. The van der Waals surface area contributed by atoms with Gasteiger partial charge < -0.3 is 10.6 Å². The lowest BCUT2D eigenvalue weighted by molar-refractivity contribution is -0.117. The van der Waals surface area contributed by atoms with Gasteiger partial charge in [0, 0.05) is 23.9 Å². The summed E-state index contributed by atoms with van der Waals surface area (Å²) in [6.07, 6.45) is 2.13. The number of anilines is 3.